The summed E-state index contributed by atoms with van der Waals surface area (Å²) in [5, 5.41) is 15.0. The molecule has 1 heterocycles. The van der Waals surface area contributed by atoms with Gasteiger partial charge >= 0.3 is 0 Å². The molecule has 172 valence electrons. The molecule has 1 unspecified atom stereocenters. The Morgan fingerprint density at radius 1 is 1.00 bits per heavy atom. The molecule has 9 heteroatoms. The summed E-state index contributed by atoms with van der Waals surface area (Å²) >= 11 is 4.71. The van der Waals surface area contributed by atoms with Crippen LogP contribution in [-0.4, -0.2) is 35.2 Å². The summed E-state index contributed by atoms with van der Waals surface area (Å²) in [6.07, 6.45) is 0.325. The fraction of sp³-hybridized carbons (Fsp3) is 0.120. The van der Waals surface area contributed by atoms with E-state index < -0.39 is 6.04 Å². The van der Waals surface area contributed by atoms with E-state index in [0.717, 1.165) is 15.6 Å². The summed E-state index contributed by atoms with van der Waals surface area (Å²) in [4.78, 5) is 26.0. The molecule has 34 heavy (non-hydrogen) atoms. The molecule has 2 amide bonds. The summed E-state index contributed by atoms with van der Waals surface area (Å²) < 4.78 is 6.07. The molecular formula is C25H21BrN4O3S. The highest BCUT2D eigenvalue weighted by molar-refractivity contribution is 9.10. The van der Waals surface area contributed by atoms with Crippen molar-refractivity contribution in [3.63, 3.8) is 0 Å². The number of halogens is 1. The number of benzene rings is 3. The van der Waals surface area contributed by atoms with Crippen molar-refractivity contribution in [3.8, 4) is 16.3 Å². The maximum absolute atomic E-state index is 13.2. The van der Waals surface area contributed by atoms with E-state index in [1.807, 2.05) is 54.6 Å². The van der Waals surface area contributed by atoms with Gasteiger partial charge in [-0.25, -0.2) is 0 Å². The lowest BCUT2D eigenvalue weighted by Gasteiger charge is -2.18. The first-order valence-electron chi connectivity index (χ1n) is 10.4. The van der Waals surface area contributed by atoms with Crippen molar-refractivity contribution in [2.24, 2.45) is 0 Å². The van der Waals surface area contributed by atoms with Gasteiger partial charge in [0, 0.05) is 22.0 Å². The van der Waals surface area contributed by atoms with Crippen molar-refractivity contribution in [2.45, 2.75) is 12.5 Å². The van der Waals surface area contributed by atoms with Gasteiger partial charge in [-0.05, 0) is 42.0 Å². The Morgan fingerprint density at radius 3 is 2.47 bits per heavy atom. The van der Waals surface area contributed by atoms with Gasteiger partial charge in [-0.1, -0.05) is 69.7 Å². The fourth-order valence-corrected chi connectivity index (χ4v) is 4.39. The van der Waals surface area contributed by atoms with Crippen LogP contribution < -0.4 is 15.4 Å². The topological polar surface area (TPSA) is 93.2 Å². The van der Waals surface area contributed by atoms with Crippen LogP contribution in [0.2, 0.25) is 0 Å². The Labute approximate surface area is 209 Å². The van der Waals surface area contributed by atoms with Crippen LogP contribution in [0.3, 0.4) is 0 Å². The molecule has 0 aliphatic rings. The number of anilines is 1. The molecule has 4 rings (SSSR count). The first-order chi connectivity index (χ1) is 16.5. The first-order valence-corrected chi connectivity index (χ1v) is 12.0. The smallest absolute Gasteiger partial charge is 0.251 e. The normalized spacial score (nSPS) is 11.5. The van der Waals surface area contributed by atoms with Crippen LogP contribution in [0.5, 0.6) is 5.75 Å². The van der Waals surface area contributed by atoms with Crippen molar-refractivity contribution in [3.05, 3.63) is 94.5 Å². The second kappa shape index (κ2) is 11.0. The third kappa shape index (κ3) is 6.06. The molecule has 0 aliphatic carbocycles. The van der Waals surface area contributed by atoms with Crippen molar-refractivity contribution in [1.82, 2.24) is 15.5 Å². The van der Waals surface area contributed by atoms with Gasteiger partial charge in [0.25, 0.3) is 5.91 Å². The van der Waals surface area contributed by atoms with Gasteiger partial charge in [0.2, 0.25) is 11.0 Å². The van der Waals surface area contributed by atoms with Crippen molar-refractivity contribution in [2.75, 3.05) is 12.4 Å². The highest BCUT2D eigenvalue weighted by Gasteiger charge is 2.23. The maximum atomic E-state index is 13.2. The molecule has 0 aliphatic heterocycles. The monoisotopic (exact) mass is 536 g/mol. The van der Waals surface area contributed by atoms with Crippen molar-refractivity contribution >= 4 is 44.2 Å². The third-order valence-corrected chi connectivity index (χ3v) is 6.36. The average Bonchev–Trinajstić information content (AvgIpc) is 3.33. The number of aromatic nitrogens is 2. The summed E-state index contributed by atoms with van der Waals surface area (Å²) in [7, 11) is 1.56. The number of nitrogens with zero attached hydrogens (tertiary/aromatic N) is 2. The number of hydrogen-bond acceptors (Lipinski definition) is 6. The first kappa shape index (κ1) is 23.6. The second-order valence-corrected chi connectivity index (χ2v) is 9.25. The second-order valence-electron chi connectivity index (χ2n) is 7.36. The van der Waals surface area contributed by atoms with Crippen LogP contribution in [-0.2, 0) is 11.2 Å². The number of carbonyl (C=O) groups excluding carboxylic acids is 2. The molecular weight excluding hydrogens is 516 g/mol. The largest absolute Gasteiger partial charge is 0.497 e. The Kier molecular flexibility index (Phi) is 7.66. The average molecular weight is 537 g/mol. The van der Waals surface area contributed by atoms with Crippen molar-refractivity contribution < 1.29 is 14.3 Å². The SMILES string of the molecule is COc1ccc(C(=O)NC(Cc2ccccc2)C(=O)Nc2nnc(-c3cccc(Br)c3)s2)cc1. The summed E-state index contributed by atoms with van der Waals surface area (Å²) in [6, 6.07) is 23.1. The molecule has 0 radical (unpaired) electrons. The standard InChI is InChI=1S/C25H21BrN4O3S/c1-33-20-12-10-17(11-13-20)22(31)27-21(14-16-6-3-2-4-7-16)23(32)28-25-30-29-24(34-25)18-8-5-9-19(26)15-18/h2-13,15,21H,14H2,1H3,(H,27,31)(H,28,30,32). The lowest BCUT2D eigenvalue weighted by Crippen LogP contribution is -2.45. The predicted molar refractivity (Wildman–Crippen MR) is 136 cm³/mol. The van der Waals surface area contributed by atoms with E-state index in [1.165, 1.54) is 11.3 Å². The zero-order chi connectivity index (χ0) is 23.9. The molecule has 0 saturated heterocycles. The molecule has 0 spiro atoms. The highest BCUT2D eigenvalue weighted by atomic mass is 79.9. The van der Waals surface area contributed by atoms with E-state index in [1.54, 1.807) is 31.4 Å². The summed E-state index contributed by atoms with van der Waals surface area (Å²) in [6.45, 7) is 0. The van der Waals surface area contributed by atoms with Gasteiger partial charge < -0.3 is 10.1 Å². The van der Waals surface area contributed by atoms with E-state index in [2.05, 4.69) is 36.8 Å². The fourth-order valence-electron chi connectivity index (χ4n) is 3.25. The predicted octanol–water partition coefficient (Wildman–Crippen LogP) is 4.96. The zero-order valence-corrected chi connectivity index (χ0v) is 20.6. The number of nitrogens with one attached hydrogen (secondary N) is 2. The van der Waals surface area contributed by atoms with Gasteiger partial charge in [0.15, 0.2) is 0 Å². The number of ether oxygens (including phenoxy) is 1. The quantitative estimate of drug-likeness (QED) is 0.332. The van der Waals surface area contributed by atoms with E-state index in [0.29, 0.717) is 27.9 Å². The van der Waals surface area contributed by atoms with E-state index in [9.17, 15) is 9.59 Å². The van der Waals surface area contributed by atoms with Crippen LogP contribution in [0.4, 0.5) is 5.13 Å². The van der Waals surface area contributed by atoms with Crippen LogP contribution in [0.25, 0.3) is 10.6 Å². The minimum Gasteiger partial charge on any atom is -0.497 e. The molecule has 3 aromatic carbocycles. The minimum atomic E-state index is -0.810. The minimum absolute atomic E-state index is 0.325. The summed E-state index contributed by atoms with van der Waals surface area (Å²) in [5.74, 6) is -0.0823. The van der Waals surface area contributed by atoms with Gasteiger partial charge in [0.1, 0.15) is 16.8 Å². The summed E-state index contributed by atoms with van der Waals surface area (Å²) in [5.41, 5.74) is 2.24. The lowest BCUT2D eigenvalue weighted by atomic mass is 10.0. The lowest BCUT2D eigenvalue weighted by molar-refractivity contribution is -0.118. The zero-order valence-electron chi connectivity index (χ0n) is 18.2. The number of carbonyl (C=O) groups is 2. The third-order valence-electron chi connectivity index (χ3n) is 4.98. The molecule has 2 N–H and O–H groups in total. The molecule has 4 aromatic rings. The molecule has 0 fully saturated rings. The van der Waals surface area contributed by atoms with Gasteiger partial charge in [-0.2, -0.15) is 0 Å². The number of amides is 2. The molecule has 0 saturated carbocycles. The molecule has 0 bridgehead atoms. The van der Waals surface area contributed by atoms with Crippen LogP contribution in [0, 0.1) is 0 Å². The number of methoxy groups -OCH3 is 1. The Morgan fingerprint density at radius 2 is 1.76 bits per heavy atom. The van der Waals surface area contributed by atoms with E-state index in [-0.39, 0.29) is 11.8 Å². The van der Waals surface area contributed by atoms with Crippen molar-refractivity contribution in [1.29, 1.82) is 0 Å². The van der Waals surface area contributed by atoms with E-state index in [4.69, 9.17) is 4.74 Å². The van der Waals surface area contributed by atoms with E-state index >= 15 is 0 Å². The Bertz CT molecular complexity index is 1280. The van der Waals surface area contributed by atoms with Gasteiger partial charge in [-0.15, -0.1) is 10.2 Å². The highest BCUT2D eigenvalue weighted by Crippen LogP contribution is 2.28. The Hall–Kier alpha value is -3.56. The number of rotatable bonds is 8. The van der Waals surface area contributed by atoms with Gasteiger partial charge in [-0.3, -0.25) is 14.9 Å². The van der Waals surface area contributed by atoms with Crippen LogP contribution in [0.1, 0.15) is 15.9 Å². The van der Waals surface area contributed by atoms with Gasteiger partial charge in [0.05, 0.1) is 7.11 Å². The maximum Gasteiger partial charge on any atom is 0.251 e. The molecule has 7 nitrogen and oxygen atoms in total. The molecule has 1 atom stereocenters. The number of hydrogen-bond donors (Lipinski definition) is 2. The van der Waals surface area contributed by atoms with Crippen LogP contribution >= 0.6 is 27.3 Å². The Balaban J connectivity index is 1.51. The van der Waals surface area contributed by atoms with Crippen LogP contribution in [0.15, 0.2) is 83.3 Å². The molecule has 1 aromatic heterocycles.